The van der Waals surface area contributed by atoms with Gasteiger partial charge in [0, 0.05) is 12.0 Å². The van der Waals surface area contributed by atoms with Crippen LogP contribution in [0.15, 0.2) is 41.2 Å². The summed E-state index contributed by atoms with van der Waals surface area (Å²) >= 11 is 0. The summed E-state index contributed by atoms with van der Waals surface area (Å²) in [6.45, 7) is 1.33. The molecule has 0 aliphatic carbocycles. The molecule has 5 heteroatoms. The van der Waals surface area contributed by atoms with Crippen molar-refractivity contribution in [1.82, 2.24) is 9.78 Å². The van der Waals surface area contributed by atoms with Crippen LogP contribution in [-0.4, -0.2) is 20.9 Å². The largest absolute Gasteiger partial charge is 0.480 e. The van der Waals surface area contributed by atoms with Crippen LogP contribution in [0.25, 0.3) is 0 Å². The summed E-state index contributed by atoms with van der Waals surface area (Å²) < 4.78 is 0.996. The first-order valence-electron chi connectivity index (χ1n) is 5.89. The smallest absolute Gasteiger partial charge is 0.325 e. The van der Waals surface area contributed by atoms with Gasteiger partial charge in [-0.05, 0) is 18.6 Å². The van der Waals surface area contributed by atoms with Gasteiger partial charge in [-0.15, -0.1) is 0 Å². The fraction of sp³-hybridized carbons (Fsp3) is 0.214. The van der Waals surface area contributed by atoms with Crippen molar-refractivity contribution in [2.24, 2.45) is 0 Å². The molecular weight excluding hydrogens is 244 g/mol. The van der Waals surface area contributed by atoms with Gasteiger partial charge in [0.15, 0.2) is 0 Å². The third kappa shape index (κ3) is 3.28. The second kappa shape index (κ2) is 5.48. The van der Waals surface area contributed by atoms with Crippen molar-refractivity contribution < 1.29 is 9.90 Å². The van der Waals surface area contributed by atoms with E-state index >= 15 is 0 Å². The molecule has 1 N–H and O–H groups in total. The van der Waals surface area contributed by atoms with Gasteiger partial charge in [0.05, 0.1) is 5.69 Å². The highest BCUT2D eigenvalue weighted by Crippen LogP contribution is 2.06. The first kappa shape index (κ1) is 13.0. The third-order valence-electron chi connectivity index (χ3n) is 2.69. The van der Waals surface area contributed by atoms with Crippen molar-refractivity contribution in [2.45, 2.75) is 19.9 Å². The SMILES string of the molecule is Cc1cc(Cc2ccccc2)c(=O)n(CC(=O)O)n1. The number of benzene rings is 1. The Morgan fingerprint density at radius 3 is 2.63 bits per heavy atom. The third-order valence-corrected chi connectivity index (χ3v) is 2.69. The molecule has 0 spiro atoms. The molecule has 19 heavy (non-hydrogen) atoms. The van der Waals surface area contributed by atoms with E-state index < -0.39 is 12.5 Å². The highest BCUT2D eigenvalue weighted by molar-refractivity contribution is 5.66. The Bertz CT molecular complexity index is 647. The molecule has 5 nitrogen and oxygen atoms in total. The fourth-order valence-corrected chi connectivity index (χ4v) is 1.92. The number of aliphatic carboxylic acids is 1. The lowest BCUT2D eigenvalue weighted by Gasteiger charge is -2.07. The molecule has 2 aromatic rings. The van der Waals surface area contributed by atoms with E-state index in [0.29, 0.717) is 17.7 Å². The average Bonchev–Trinajstić information content (AvgIpc) is 2.35. The molecule has 1 heterocycles. The van der Waals surface area contributed by atoms with Crippen LogP contribution >= 0.6 is 0 Å². The molecule has 1 aromatic heterocycles. The maximum atomic E-state index is 12.1. The molecule has 0 saturated heterocycles. The molecule has 98 valence electrons. The number of carboxylic acid groups (broad SMARTS) is 1. The van der Waals surface area contributed by atoms with E-state index in [4.69, 9.17) is 5.11 Å². The predicted octanol–water partition coefficient (Wildman–Crippen LogP) is 1.23. The van der Waals surface area contributed by atoms with Gasteiger partial charge in [-0.2, -0.15) is 5.10 Å². The molecule has 0 saturated carbocycles. The summed E-state index contributed by atoms with van der Waals surface area (Å²) in [5, 5.41) is 12.7. The lowest BCUT2D eigenvalue weighted by atomic mass is 10.1. The van der Waals surface area contributed by atoms with Gasteiger partial charge < -0.3 is 5.11 Å². The van der Waals surface area contributed by atoms with Crippen molar-refractivity contribution >= 4 is 5.97 Å². The van der Waals surface area contributed by atoms with Crippen LogP contribution in [-0.2, 0) is 17.8 Å². The number of carbonyl (C=O) groups is 1. The Balaban J connectivity index is 2.38. The number of aromatic nitrogens is 2. The molecule has 0 atom stereocenters. The van der Waals surface area contributed by atoms with E-state index in [2.05, 4.69) is 5.10 Å². The van der Waals surface area contributed by atoms with Crippen molar-refractivity contribution in [3.05, 3.63) is 63.6 Å². The van der Waals surface area contributed by atoms with Gasteiger partial charge in [-0.25, -0.2) is 4.68 Å². The van der Waals surface area contributed by atoms with Crippen molar-refractivity contribution in [1.29, 1.82) is 0 Å². The molecule has 0 bridgehead atoms. The molecule has 0 amide bonds. The second-order valence-electron chi connectivity index (χ2n) is 4.33. The van der Waals surface area contributed by atoms with Gasteiger partial charge in [0.1, 0.15) is 6.54 Å². The number of hydrogen-bond acceptors (Lipinski definition) is 3. The van der Waals surface area contributed by atoms with Gasteiger partial charge in [-0.1, -0.05) is 30.3 Å². The highest BCUT2D eigenvalue weighted by atomic mass is 16.4. The summed E-state index contributed by atoms with van der Waals surface area (Å²) in [6.07, 6.45) is 0.475. The van der Waals surface area contributed by atoms with Gasteiger partial charge in [0.2, 0.25) is 0 Å². The van der Waals surface area contributed by atoms with Crippen LogP contribution in [0, 0.1) is 6.92 Å². The number of hydrogen-bond donors (Lipinski definition) is 1. The lowest BCUT2D eigenvalue weighted by molar-refractivity contribution is -0.138. The minimum absolute atomic E-state index is 0.350. The molecular formula is C14H14N2O3. The summed E-state index contributed by atoms with van der Waals surface area (Å²) in [6, 6.07) is 11.3. The van der Waals surface area contributed by atoms with E-state index in [1.54, 1.807) is 13.0 Å². The lowest BCUT2D eigenvalue weighted by Crippen LogP contribution is -2.29. The quantitative estimate of drug-likeness (QED) is 0.895. The Kier molecular flexibility index (Phi) is 3.75. The van der Waals surface area contributed by atoms with E-state index in [0.717, 1.165) is 10.2 Å². The summed E-state index contributed by atoms with van der Waals surface area (Å²) in [5.41, 5.74) is 1.84. The first-order chi connectivity index (χ1) is 9.06. The monoisotopic (exact) mass is 258 g/mol. The van der Waals surface area contributed by atoms with E-state index in [-0.39, 0.29) is 5.56 Å². The Morgan fingerprint density at radius 2 is 2.00 bits per heavy atom. The zero-order valence-corrected chi connectivity index (χ0v) is 10.5. The minimum Gasteiger partial charge on any atom is -0.480 e. The second-order valence-corrected chi connectivity index (χ2v) is 4.33. The van der Waals surface area contributed by atoms with Crippen molar-refractivity contribution in [3.8, 4) is 0 Å². The molecule has 2 rings (SSSR count). The van der Waals surface area contributed by atoms with E-state index in [9.17, 15) is 9.59 Å². The predicted molar refractivity (Wildman–Crippen MR) is 70.1 cm³/mol. The van der Waals surface area contributed by atoms with Crippen molar-refractivity contribution in [2.75, 3.05) is 0 Å². The number of aryl methyl sites for hydroxylation is 1. The fourth-order valence-electron chi connectivity index (χ4n) is 1.92. The molecule has 0 aliphatic rings. The maximum absolute atomic E-state index is 12.1. The van der Waals surface area contributed by atoms with Crippen LogP contribution < -0.4 is 5.56 Å². The molecule has 0 aliphatic heterocycles. The van der Waals surface area contributed by atoms with Crippen molar-refractivity contribution in [3.63, 3.8) is 0 Å². The van der Waals surface area contributed by atoms with Gasteiger partial charge >= 0.3 is 5.97 Å². The van der Waals surface area contributed by atoms with Crippen LogP contribution in [0.5, 0.6) is 0 Å². The van der Waals surface area contributed by atoms with Crippen LogP contribution in [0.3, 0.4) is 0 Å². The maximum Gasteiger partial charge on any atom is 0.325 e. The standard InChI is InChI=1S/C14H14N2O3/c1-10-7-12(8-11-5-3-2-4-6-11)14(19)16(15-10)9-13(17)18/h2-7H,8-9H2,1H3,(H,17,18). The normalized spacial score (nSPS) is 10.4. The Morgan fingerprint density at radius 1 is 1.32 bits per heavy atom. The summed E-state index contributed by atoms with van der Waals surface area (Å²) in [5.74, 6) is -1.08. The van der Waals surface area contributed by atoms with Crippen LogP contribution in [0.2, 0.25) is 0 Å². The number of carboxylic acids is 1. The molecule has 1 aromatic carbocycles. The average molecular weight is 258 g/mol. The zero-order valence-electron chi connectivity index (χ0n) is 10.5. The number of nitrogens with zero attached hydrogens (tertiary/aromatic N) is 2. The molecule has 0 fully saturated rings. The Labute approximate surface area is 110 Å². The van der Waals surface area contributed by atoms with E-state index in [1.165, 1.54) is 0 Å². The summed E-state index contributed by atoms with van der Waals surface area (Å²) in [4.78, 5) is 22.8. The number of rotatable bonds is 4. The molecule has 0 radical (unpaired) electrons. The Hall–Kier alpha value is -2.43. The first-order valence-corrected chi connectivity index (χ1v) is 5.89. The van der Waals surface area contributed by atoms with Crippen LogP contribution in [0.4, 0.5) is 0 Å². The van der Waals surface area contributed by atoms with Crippen LogP contribution in [0.1, 0.15) is 16.8 Å². The zero-order chi connectivity index (χ0) is 13.8. The topological polar surface area (TPSA) is 72.2 Å². The van der Waals surface area contributed by atoms with E-state index in [1.807, 2.05) is 30.3 Å². The highest BCUT2D eigenvalue weighted by Gasteiger charge is 2.09. The van der Waals surface area contributed by atoms with Gasteiger partial charge in [-0.3, -0.25) is 9.59 Å². The summed E-state index contributed by atoms with van der Waals surface area (Å²) in [7, 11) is 0. The van der Waals surface area contributed by atoms with Gasteiger partial charge in [0.25, 0.3) is 5.56 Å². The molecule has 0 unspecified atom stereocenters. The minimum atomic E-state index is -1.08.